The van der Waals surface area contributed by atoms with Gasteiger partial charge in [-0.05, 0) is 12.1 Å². The van der Waals surface area contributed by atoms with Crippen molar-refractivity contribution in [1.82, 2.24) is 9.55 Å². The SMILES string of the molecule is CC(C)C(=O)N(C)c1ccccc1-n1ccnc1. The Hall–Kier alpha value is -2.10. The first kappa shape index (κ1) is 12.4. The summed E-state index contributed by atoms with van der Waals surface area (Å²) < 4.78 is 1.90. The highest BCUT2D eigenvalue weighted by Crippen LogP contribution is 2.24. The number of amides is 1. The van der Waals surface area contributed by atoms with Crippen molar-refractivity contribution in [3.8, 4) is 5.69 Å². The van der Waals surface area contributed by atoms with E-state index in [0.29, 0.717) is 0 Å². The Morgan fingerprint density at radius 3 is 2.67 bits per heavy atom. The van der Waals surface area contributed by atoms with E-state index in [-0.39, 0.29) is 11.8 Å². The fourth-order valence-electron chi connectivity index (χ4n) is 1.87. The van der Waals surface area contributed by atoms with E-state index in [1.54, 1.807) is 24.5 Å². The first-order valence-corrected chi connectivity index (χ1v) is 5.96. The summed E-state index contributed by atoms with van der Waals surface area (Å²) in [5.74, 6) is 0.0772. The zero-order chi connectivity index (χ0) is 13.1. The molecule has 0 spiro atoms. The van der Waals surface area contributed by atoms with Crippen molar-refractivity contribution < 1.29 is 4.79 Å². The molecule has 0 aliphatic heterocycles. The molecule has 0 bridgehead atoms. The highest BCUT2D eigenvalue weighted by molar-refractivity contribution is 5.96. The molecule has 1 heterocycles. The molecule has 0 N–H and O–H groups in total. The fraction of sp³-hybridized carbons (Fsp3) is 0.286. The fourth-order valence-corrected chi connectivity index (χ4v) is 1.87. The normalized spacial score (nSPS) is 10.7. The van der Waals surface area contributed by atoms with Gasteiger partial charge in [-0.2, -0.15) is 0 Å². The molecule has 0 saturated heterocycles. The summed E-state index contributed by atoms with van der Waals surface area (Å²) in [7, 11) is 1.80. The van der Waals surface area contributed by atoms with Gasteiger partial charge in [0.1, 0.15) is 0 Å². The van der Waals surface area contributed by atoms with Crippen LogP contribution in [0, 0.1) is 5.92 Å². The minimum atomic E-state index is -0.0224. The van der Waals surface area contributed by atoms with Crippen molar-refractivity contribution in [2.75, 3.05) is 11.9 Å². The molecule has 2 rings (SSSR count). The van der Waals surface area contributed by atoms with Crippen molar-refractivity contribution >= 4 is 11.6 Å². The van der Waals surface area contributed by atoms with Crippen molar-refractivity contribution in [1.29, 1.82) is 0 Å². The molecule has 0 unspecified atom stereocenters. The molecule has 1 amide bonds. The van der Waals surface area contributed by atoms with Gasteiger partial charge in [0.2, 0.25) is 5.91 Å². The summed E-state index contributed by atoms with van der Waals surface area (Å²) in [5, 5.41) is 0. The van der Waals surface area contributed by atoms with Crippen LogP contribution in [0.3, 0.4) is 0 Å². The molecule has 1 aromatic heterocycles. The molecule has 0 saturated carbocycles. The van der Waals surface area contributed by atoms with Crippen molar-refractivity contribution in [3.05, 3.63) is 43.0 Å². The minimum absolute atomic E-state index is 0.0224. The Morgan fingerprint density at radius 2 is 2.06 bits per heavy atom. The van der Waals surface area contributed by atoms with Gasteiger partial charge < -0.3 is 9.47 Å². The zero-order valence-corrected chi connectivity index (χ0v) is 10.9. The highest BCUT2D eigenvalue weighted by atomic mass is 16.2. The quantitative estimate of drug-likeness (QED) is 0.830. The third-order valence-corrected chi connectivity index (χ3v) is 2.85. The van der Waals surface area contributed by atoms with Crippen LogP contribution in [0.25, 0.3) is 5.69 Å². The number of benzene rings is 1. The van der Waals surface area contributed by atoms with E-state index in [9.17, 15) is 4.79 Å². The third kappa shape index (κ3) is 2.27. The number of carbonyl (C=O) groups excluding carboxylic acids is 1. The molecule has 0 atom stereocenters. The van der Waals surface area contributed by atoms with Gasteiger partial charge in [-0.15, -0.1) is 0 Å². The number of imidazole rings is 1. The molecule has 4 nitrogen and oxygen atoms in total. The van der Waals surface area contributed by atoms with Crippen LogP contribution in [0.5, 0.6) is 0 Å². The predicted octanol–water partition coefficient (Wildman–Crippen LogP) is 2.49. The molecule has 0 radical (unpaired) electrons. The van der Waals surface area contributed by atoms with Crippen molar-refractivity contribution in [3.63, 3.8) is 0 Å². The molecule has 0 aliphatic rings. The van der Waals surface area contributed by atoms with Gasteiger partial charge in [0.05, 0.1) is 17.7 Å². The Balaban J connectivity index is 2.43. The van der Waals surface area contributed by atoms with E-state index in [1.807, 2.05) is 48.9 Å². The van der Waals surface area contributed by atoms with Crippen LogP contribution in [0.15, 0.2) is 43.0 Å². The van der Waals surface area contributed by atoms with E-state index in [2.05, 4.69) is 4.98 Å². The molecule has 4 heteroatoms. The molecule has 0 aliphatic carbocycles. The summed E-state index contributed by atoms with van der Waals surface area (Å²) >= 11 is 0. The monoisotopic (exact) mass is 243 g/mol. The van der Waals surface area contributed by atoms with Crippen LogP contribution in [0.1, 0.15) is 13.8 Å². The number of hydrogen-bond donors (Lipinski definition) is 0. The summed E-state index contributed by atoms with van der Waals surface area (Å²) in [6.07, 6.45) is 5.32. The number of hydrogen-bond acceptors (Lipinski definition) is 2. The van der Waals surface area contributed by atoms with Gasteiger partial charge >= 0.3 is 0 Å². The maximum absolute atomic E-state index is 12.1. The van der Waals surface area contributed by atoms with Crippen LogP contribution in [-0.4, -0.2) is 22.5 Å². The number of aromatic nitrogens is 2. The molecule has 1 aromatic carbocycles. The lowest BCUT2D eigenvalue weighted by molar-refractivity contribution is -0.121. The van der Waals surface area contributed by atoms with Gasteiger partial charge in [0.25, 0.3) is 0 Å². The lowest BCUT2D eigenvalue weighted by Gasteiger charge is -2.22. The van der Waals surface area contributed by atoms with E-state index >= 15 is 0 Å². The van der Waals surface area contributed by atoms with Gasteiger partial charge in [-0.1, -0.05) is 26.0 Å². The van der Waals surface area contributed by atoms with Crippen LogP contribution in [0.4, 0.5) is 5.69 Å². The first-order chi connectivity index (χ1) is 8.61. The molecule has 94 valence electrons. The second-order valence-electron chi connectivity index (χ2n) is 4.51. The topological polar surface area (TPSA) is 38.1 Å². The first-order valence-electron chi connectivity index (χ1n) is 5.96. The largest absolute Gasteiger partial charge is 0.313 e. The Labute approximate surface area is 107 Å². The predicted molar refractivity (Wildman–Crippen MR) is 71.8 cm³/mol. The lowest BCUT2D eigenvalue weighted by Crippen LogP contribution is -2.31. The Morgan fingerprint density at radius 1 is 1.33 bits per heavy atom. The lowest BCUT2D eigenvalue weighted by atomic mass is 10.1. The van der Waals surface area contributed by atoms with E-state index < -0.39 is 0 Å². The van der Waals surface area contributed by atoms with Crippen LogP contribution < -0.4 is 4.90 Å². The third-order valence-electron chi connectivity index (χ3n) is 2.85. The van der Waals surface area contributed by atoms with Crippen LogP contribution in [0.2, 0.25) is 0 Å². The zero-order valence-electron chi connectivity index (χ0n) is 10.9. The van der Waals surface area contributed by atoms with Gasteiger partial charge in [0.15, 0.2) is 0 Å². The number of para-hydroxylation sites is 2. The summed E-state index contributed by atoms with van der Waals surface area (Å²) in [6.45, 7) is 3.80. The van der Waals surface area contributed by atoms with Gasteiger partial charge in [-0.3, -0.25) is 4.79 Å². The average Bonchev–Trinajstić information content (AvgIpc) is 2.90. The molecule has 18 heavy (non-hydrogen) atoms. The second kappa shape index (κ2) is 5.04. The number of rotatable bonds is 3. The highest BCUT2D eigenvalue weighted by Gasteiger charge is 2.17. The van der Waals surface area contributed by atoms with Crippen LogP contribution >= 0.6 is 0 Å². The summed E-state index contributed by atoms with van der Waals surface area (Å²) in [4.78, 5) is 17.8. The van der Waals surface area contributed by atoms with E-state index in [0.717, 1.165) is 11.4 Å². The van der Waals surface area contributed by atoms with Gasteiger partial charge in [0, 0.05) is 25.4 Å². The number of carbonyl (C=O) groups is 1. The second-order valence-corrected chi connectivity index (χ2v) is 4.51. The smallest absolute Gasteiger partial charge is 0.229 e. The molecule has 0 fully saturated rings. The Bertz CT molecular complexity index is 532. The minimum Gasteiger partial charge on any atom is -0.313 e. The maximum Gasteiger partial charge on any atom is 0.229 e. The number of anilines is 1. The number of nitrogens with zero attached hydrogens (tertiary/aromatic N) is 3. The van der Waals surface area contributed by atoms with Gasteiger partial charge in [-0.25, -0.2) is 4.98 Å². The van der Waals surface area contributed by atoms with Crippen molar-refractivity contribution in [2.45, 2.75) is 13.8 Å². The molecular formula is C14H17N3O. The van der Waals surface area contributed by atoms with E-state index in [1.165, 1.54) is 0 Å². The van der Waals surface area contributed by atoms with Crippen LogP contribution in [-0.2, 0) is 4.79 Å². The van der Waals surface area contributed by atoms with Crippen molar-refractivity contribution in [2.24, 2.45) is 5.92 Å². The maximum atomic E-state index is 12.1. The standard InChI is InChI=1S/C14H17N3O/c1-11(2)14(18)16(3)12-6-4-5-7-13(12)17-9-8-15-10-17/h4-11H,1-3H3. The molecular weight excluding hydrogens is 226 g/mol. The van der Waals surface area contributed by atoms with E-state index in [4.69, 9.17) is 0 Å². The summed E-state index contributed by atoms with van der Waals surface area (Å²) in [6, 6.07) is 7.79. The Kier molecular flexibility index (Phi) is 3.46. The average molecular weight is 243 g/mol. The summed E-state index contributed by atoms with van der Waals surface area (Å²) in [5.41, 5.74) is 1.83. The molecule has 2 aromatic rings.